The highest BCUT2D eigenvalue weighted by molar-refractivity contribution is 6.04. The standard InChI is InChI=1S/C21H27N3O4/c1-14-6-5-7-24(13-14)17-8-15(11-22-12-17)21(25)23-16-9-18(26-2)20(28-4)19(10-16)27-3/h8-12,14H,5-7,13H2,1-4H3,(H,23,25). The Bertz CT molecular complexity index is 815. The second-order valence-corrected chi connectivity index (χ2v) is 6.99. The van der Waals surface area contributed by atoms with Crippen LogP contribution in [0, 0.1) is 5.92 Å². The summed E-state index contributed by atoms with van der Waals surface area (Å²) in [5.74, 6) is 1.84. The van der Waals surface area contributed by atoms with Crippen LogP contribution in [0.25, 0.3) is 0 Å². The number of amides is 1. The van der Waals surface area contributed by atoms with Crippen LogP contribution in [0.2, 0.25) is 0 Å². The molecule has 1 atom stereocenters. The van der Waals surface area contributed by atoms with Crippen molar-refractivity contribution in [3.8, 4) is 17.2 Å². The number of methoxy groups -OCH3 is 3. The third kappa shape index (κ3) is 4.30. The Morgan fingerprint density at radius 3 is 2.43 bits per heavy atom. The SMILES string of the molecule is COc1cc(NC(=O)c2cncc(N3CCCC(C)C3)c2)cc(OC)c1OC. The van der Waals surface area contributed by atoms with Gasteiger partial charge in [-0.1, -0.05) is 6.92 Å². The van der Waals surface area contributed by atoms with Crippen LogP contribution < -0.4 is 24.4 Å². The second kappa shape index (κ2) is 8.82. The predicted octanol–water partition coefficient (Wildman–Crippen LogP) is 3.60. The van der Waals surface area contributed by atoms with Crippen LogP contribution in [0.5, 0.6) is 17.2 Å². The molecule has 1 fully saturated rings. The van der Waals surface area contributed by atoms with Gasteiger partial charge in [-0.25, -0.2) is 0 Å². The van der Waals surface area contributed by atoms with Gasteiger partial charge in [0.1, 0.15) is 0 Å². The van der Waals surface area contributed by atoms with Gasteiger partial charge in [-0.05, 0) is 24.8 Å². The topological polar surface area (TPSA) is 72.9 Å². The molecule has 0 radical (unpaired) electrons. The molecule has 1 unspecified atom stereocenters. The monoisotopic (exact) mass is 385 g/mol. The average molecular weight is 385 g/mol. The van der Waals surface area contributed by atoms with Gasteiger partial charge < -0.3 is 24.4 Å². The molecule has 1 aliphatic heterocycles. The summed E-state index contributed by atoms with van der Waals surface area (Å²) >= 11 is 0. The summed E-state index contributed by atoms with van der Waals surface area (Å²) in [5, 5.41) is 2.88. The van der Waals surface area contributed by atoms with E-state index in [2.05, 4.69) is 22.1 Å². The number of piperidine rings is 1. The number of hydrogen-bond acceptors (Lipinski definition) is 6. The van der Waals surface area contributed by atoms with Crippen molar-refractivity contribution in [1.82, 2.24) is 4.98 Å². The molecule has 7 nitrogen and oxygen atoms in total. The van der Waals surface area contributed by atoms with Crippen LogP contribution in [0.3, 0.4) is 0 Å². The first-order valence-electron chi connectivity index (χ1n) is 9.37. The zero-order valence-corrected chi connectivity index (χ0v) is 16.8. The smallest absolute Gasteiger partial charge is 0.257 e. The van der Waals surface area contributed by atoms with Gasteiger partial charge in [-0.15, -0.1) is 0 Å². The van der Waals surface area contributed by atoms with E-state index < -0.39 is 0 Å². The maximum atomic E-state index is 12.8. The molecule has 0 saturated carbocycles. The molecule has 28 heavy (non-hydrogen) atoms. The number of benzene rings is 1. The van der Waals surface area contributed by atoms with Gasteiger partial charge in [0, 0.05) is 37.1 Å². The van der Waals surface area contributed by atoms with E-state index >= 15 is 0 Å². The highest BCUT2D eigenvalue weighted by atomic mass is 16.5. The molecule has 1 saturated heterocycles. The van der Waals surface area contributed by atoms with Crippen molar-refractivity contribution in [3.05, 3.63) is 36.2 Å². The Morgan fingerprint density at radius 1 is 1.11 bits per heavy atom. The number of ether oxygens (including phenoxy) is 3. The van der Waals surface area contributed by atoms with Gasteiger partial charge in [0.25, 0.3) is 5.91 Å². The molecule has 1 N–H and O–H groups in total. The molecule has 0 spiro atoms. The van der Waals surface area contributed by atoms with E-state index in [-0.39, 0.29) is 5.91 Å². The molecule has 3 rings (SSSR count). The lowest BCUT2D eigenvalue weighted by Gasteiger charge is -2.32. The highest BCUT2D eigenvalue weighted by Gasteiger charge is 2.19. The first kappa shape index (κ1) is 19.8. The van der Waals surface area contributed by atoms with Crippen LogP contribution >= 0.6 is 0 Å². The molecular weight excluding hydrogens is 358 g/mol. The summed E-state index contributed by atoms with van der Waals surface area (Å²) in [7, 11) is 4.61. The van der Waals surface area contributed by atoms with Gasteiger partial charge in [0.2, 0.25) is 5.75 Å². The van der Waals surface area contributed by atoms with Gasteiger partial charge in [-0.2, -0.15) is 0 Å². The zero-order valence-electron chi connectivity index (χ0n) is 16.8. The lowest BCUT2D eigenvalue weighted by molar-refractivity contribution is 0.102. The van der Waals surface area contributed by atoms with Crippen LogP contribution in [-0.2, 0) is 0 Å². The van der Waals surface area contributed by atoms with Crippen LogP contribution in [0.4, 0.5) is 11.4 Å². The normalized spacial score (nSPS) is 16.4. The predicted molar refractivity (Wildman–Crippen MR) is 109 cm³/mol. The number of carbonyl (C=O) groups is 1. The number of anilines is 2. The lowest BCUT2D eigenvalue weighted by Crippen LogP contribution is -2.34. The fourth-order valence-corrected chi connectivity index (χ4v) is 3.51. The average Bonchev–Trinajstić information content (AvgIpc) is 2.73. The molecule has 150 valence electrons. The van der Waals surface area contributed by atoms with Gasteiger partial charge in [0.15, 0.2) is 11.5 Å². The number of carbonyl (C=O) groups excluding carboxylic acids is 1. The van der Waals surface area contributed by atoms with E-state index in [0.717, 1.165) is 25.2 Å². The minimum Gasteiger partial charge on any atom is -0.493 e. The van der Waals surface area contributed by atoms with Crippen molar-refractivity contribution in [2.75, 3.05) is 44.6 Å². The van der Waals surface area contributed by atoms with E-state index in [1.54, 1.807) is 18.3 Å². The Kier molecular flexibility index (Phi) is 6.23. The van der Waals surface area contributed by atoms with Crippen LogP contribution in [0.15, 0.2) is 30.6 Å². The molecule has 1 aliphatic rings. The van der Waals surface area contributed by atoms with E-state index in [1.807, 2.05) is 12.3 Å². The van der Waals surface area contributed by atoms with Gasteiger partial charge in [-0.3, -0.25) is 9.78 Å². The first-order valence-corrected chi connectivity index (χ1v) is 9.37. The summed E-state index contributed by atoms with van der Waals surface area (Å²) in [4.78, 5) is 19.3. The fraction of sp³-hybridized carbons (Fsp3) is 0.429. The minimum atomic E-state index is -0.242. The third-order valence-corrected chi connectivity index (χ3v) is 4.93. The Morgan fingerprint density at radius 2 is 1.82 bits per heavy atom. The summed E-state index contributed by atoms with van der Waals surface area (Å²) in [6, 6.07) is 5.28. The van der Waals surface area contributed by atoms with Crippen molar-refractivity contribution < 1.29 is 19.0 Å². The van der Waals surface area contributed by atoms with Crippen molar-refractivity contribution in [2.45, 2.75) is 19.8 Å². The van der Waals surface area contributed by atoms with Crippen molar-refractivity contribution >= 4 is 17.3 Å². The molecular formula is C21H27N3O4. The molecule has 7 heteroatoms. The number of hydrogen-bond donors (Lipinski definition) is 1. The van der Waals surface area contributed by atoms with Crippen molar-refractivity contribution in [1.29, 1.82) is 0 Å². The van der Waals surface area contributed by atoms with E-state index in [4.69, 9.17) is 14.2 Å². The first-order chi connectivity index (χ1) is 13.5. The molecule has 2 aromatic rings. The van der Waals surface area contributed by atoms with E-state index in [9.17, 15) is 4.79 Å². The molecule has 1 aromatic heterocycles. The summed E-state index contributed by atoms with van der Waals surface area (Å²) < 4.78 is 16.0. The van der Waals surface area contributed by atoms with Crippen LogP contribution in [-0.4, -0.2) is 45.3 Å². The maximum Gasteiger partial charge on any atom is 0.257 e. The molecule has 2 heterocycles. The Balaban J connectivity index is 1.81. The number of pyridine rings is 1. The number of aromatic nitrogens is 1. The van der Waals surface area contributed by atoms with E-state index in [0.29, 0.717) is 34.4 Å². The molecule has 0 aliphatic carbocycles. The molecule has 0 bridgehead atoms. The zero-order chi connectivity index (χ0) is 20.1. The Labute approximate surface area is 165 Å². The van der Waals surface area contributed by atoms with Gasteiger partial charge >= 0.3 is 0 Å². The molecule has 1 amide bonds. The number of nitrogens with zero attached hydrogens (tertiary/aromatic N) is 2. The third-order valence-electron chi connectivity index (χ3n) is 4.93. The highest BCUT2D eigenvalue weighted by Crippen LogP contribution is 2.40. The van der Waals surface area contributed by atoms with Crippen LogP contribution in [0.1, 0.15) is 30.1 Å². The molecule has 1 aromatic carbocycles. The lowest BCUT2D eigenvalue weighted by atomic mass is 10.00. The maximum absolute atomic E-state index is 12.8. The minimum absolute atomic E-state index is 0.242. The number of rotatable bonds is 6. The second-order valence-electron chi connectivity index (χ2n) is 6.99. The summed E-state index contributed by atoms with van der Waals surface area (Å²) in [6.45, 7) is 4.23. The Hall–Kier alpha value is -2.96. The van der Waals surface area contributed by atoms with Crippen molar-refractivity contribution in [2.24, 2.45) is 5.92 Å². The quantitative estimate of drug-likeness (QED) is 0.819. The summed E-state index contributed by atoms with van der Waals surface area (Å²) in [6.07, 6.45) is 5.78. The largest absolute Gasteiger partial charge is 0.493 e. The summed E-state index contributed by atoms with van der Waals surface area (Å²) in [5.41, 5.74) is 2.03. The fourth-order valence-electron chi connectivity index (χ4n) is 3.51. The van der Waals surface area contributed by atoms with Crippen molar-refractivity contribution in [3.63, 3.8) is 0 Å². The number of nitrogens with one attached hydrogen (secondary N) is 1. The van der Waals surface area contributed by atoms with E-state index in [1.165, 1.54) is 27.8 Å². The van der Waals surface area contributed by atoms with Gasteiger partial charge in [0.05, 0.1) is 38.8 Å².